The monoisotopic (exact) mass is 1530 g/mol. The summed E-state index contributed by atoms with van der Waals surface area (Å²) in [4.78, 5) is 87.5. The van der Waals surface area contributed by atoms with Crippen molar-refractivity contribution in [2.75, 3.05) is 104 Å². The third-order valence-electron chi connectivity index (χ3n) is 21.7. The Kier molecular flexibility index (Phi) is 25.6. The standard InChI is InChI=1S/2C37H44F2N8O3.C2HF3O2.CH2O2/c2*1-4-23-15-25(43-34-35-42-20-30(46(35)12-11-41-34)29-7-8-31(50-3)33(39)32(29)38)5-6-28(23)37(49)45-27-16-26(17-27)44-36(48)24-9-13-47(2,14-10-24)21-22-18-40-19-22;3-2(4,5)1(6)7;2-1-3/h2*5-8,11-12,15,20,22,24,26-27,40H,4,9-10,13-14,16-19,21H2,1-3H3,(H2-,41,43,44,45,48,49);(H,6,7);1H,(H,2,3). The van der Waals surface area contributed by atoms with E-state index in [1.807, 2.05) is 38.1 Å². The number of fused-ring (bicyclic) bond motifs is 2. The molecule has 8 aromatic rings. The van der Waals surface area contributed by atoms with E-state index in [1.165, 1.54) is 64.0 Å². The number of aryl methyl sites for hydroxylation is 2. The maximum atomic E-state index is 14.9. The van der Waals surface area contributed by atoms with Gasteiger partial charge in [0.2, 0.25) is 23.4 Å². The van der Waals surface area contributed by atoms with Crippen LogP contribution < -0.4 is 62.2 Å². The van der Waals surface area contributed by atoms with Crippen LogP contribution in [0.4, 0.5) is 53.7 Å². The molecule has 33 heteroatoms. The van der Waals surface area contributed by atoms with E-state index < -0.39 is 41.9 Å². The summed E-state index contributed by atoms with van der Waals surface area (Å²) in [5.74, 6) is -4.99. The number of carbonyl (C=O) groups is 6. The van der Waals surface area contributed by atoms with Crippen LogP contribution in [-0.2, 0) is 32.0 Å². The fourth-order valence-corrected chi connectivity index (χ4v) is 15.2. The number of nitrogens with zero attached hydrogens (tertiary/aromatic N) is 8. The number of methoxy groups -OCH3 is 2. The number of piperidine rings is 2. The summed E-state index contributed by atoms with van der Waals surface area (Å²) in [5.41, 5.74) is 5.97. The minimum absolute atomic E-state index is 0.0122. The van der Waals surface area contributed by atoms with Crippen molar-refractivity contribution in [1.82, 2.24) is 60.6 Å². The number of carboxylic acid groups (broad SMARTS) is 2. The third kappa shape index (κ3) is 18.8. The Morgan fingerprint density at radius 1 is 0.564 bits per heavy atom. The van der Waals surface area contributed by atoms with Crippen LogP contribution >= 0.6 is 0 Å². The zero-order chi connectivity index (χ0) is 78.8. The molecule has 4 aromatic heterocycles. The number of aliphatic carboxylic acids is 1. The molecule has 26 nitrogen and oxygen atoms in total. The molecule has 6 aliphatic rings. The van der Waals surface area contributed by atoms with Gasteiger partial charge >= 0.3 is 6.18 Å². The molecule has 4 saturated heterocycles. The second kappa shape index (κ2) is 35.0. The molecule has 0 bridgehead atoms. The van der Waals surface area contributed by atoms with Gasteiger partial charge in [-0.3, -0.25) is 28.0 Å². The second-order valence-electron chi connectivity index (χ2n) is 29.5. The molecule has 4 amide bonds. The molecule has 0 spiro atoms. The molecule has 110 heavy (non-hydrogen) atoms. The van der Waals surface area contributed by atoms with Gasteiger partial charge in [-0.1, -0.05) is 13.8 Å². The first kappa shape index (κ1) is 80.5. The first-order valence-corrected chi connectivity index (χ1v) is 36.8. The highest BCUT2D eigenvalue weighted by Gasteiger charge is 2.41. The van der Waals surface area contributed by atoms with Gasteiger partial charge in [0.15, 0.2) is 46.1 Å². The van der Waals surface area contributed by atoms with E-state index in [0.29, 0.717) is 69.7 Å². The van der Waals surface area contributed by atoms with Crippen LogP contribution in [0.5, 0.6) is 11.5 Å². The van der Waals surface area contributed by atoms with Gasteiger partial charge in [-0.05, 0) is 110 Å². The van der Waals surface area contributed by atoms with Crippen LogP contribution in [0.15, 0.2) is 97.8 Å². The number of amides is 4. The van der Waals surface area contributed by atoms with Crippen molar-refractivity contribution in [2.24, 2.45) is 23.7 Å². The number of nitrogens with one attached hydrogen (secondary N) is 8. The molecule has 4 aliphatic heterocycles. The number of halogens is 7. The van der Waals surface area contributed by atoms with Crippen molar-refractivity contribution >= 4 is 70.4 Å². The van der Waals surface area contributed by atoms with Crippen molar-refractivity contribution < 1.29 is 88.2 Å². The van der Waals surface area contributed by atoms with E-state index in [0.717, 1.165) is 136 Å². The Hall–Kier alpha value is -10.5. The van der Waals surface area contributed by atoms with Crippen molar-refractivity contribution in [3.63, 3.8) is 0 Å². The Balaban J connectivity index is 0.000000194. The highest BCUT2D eigenvalue weighted by Crippen LogP contribution is 2.36. The number of likely N-dealkylation sites (tertiary alicyclic amines) is 2. The summed E-state index contributed by atoms with van der Waals surface area (Å²) < 4.78 is 105. The lowest BCUT2D eigenvalue weighted by Crippen LogP contribution is -2.59. The van der Waals surface area contributed by atoms with Crippen LogP contribution in [0.2, 0.25) is 0 Å². The second-order valence-corrected chi connectivity index (χ2v) is 29.5. The van der Waals surface area contributed by atoms with Gasteiger partial charge in [-0.15, -0.1) is 0 Å². The predicted octanol–water partition coefficient (Wildman–Crippen LogP) is 6.55. The van der Waals surface area contributed by atoms with Crippen LogP contribution in [0.3, 0.4) is 0 Å². The molecule has 588 valence electrons. The maximum absolute atomic E-state index is 14.9. The Morgan fingerprint density at radius 2 is 0.918 bits per heavy atom. The van der Waals surface area contributed by atoms with Crippen molar-refractivity contribution in [2.45, 2.75) is 108 Å². The Labute approximate surface area is 630 Å². The quantitative estimate of drug-likeness (QED) is 0.0203. The van der Waals surface area contributed by atoms with Gasteiger partial charge in [0.05, 0.1) is 91.4 Å². The summed E-state index contributed by atoms with van der Waals surface area (Å²) >= 11 is 0. The van der Waals surface area contributed by atoms with Crippen molar-refractivity contribution in [3.05, 3.63) is 143 Å². The van der Waals surface area contributed by atoms with E-state index >= 15 is 0 Å². The minimum atomic E-state index is -5.19. The van der Waals surface area contributed by atoms with Gasteiger partial charge in [0, 0.05) is 165 Å². The number of carboxylic acids is 1. The van der Waals surface area contributed by atoms with E-state index in [1.54, 1.807) is 45.7 Å². The number of hydrogen-bond donors (Lipinski definition) is 8. The Bertz CT molecular complexity index is 4370. The summed E-state index contributed by atoms with van der Waals surface area (Å²) in [6.07, 6.45) is 12.0. The molecule has 0 radical (unpaired) electrons. The van der Waals surface area contributed by atoms with Crippen LogP contribution in [-0.4, -0.2) is 198 Å². The largest absolute Gasteiger partial charge is 0.554 e. The van der Waals surface area contributed by atoms with E-state index in [4.69, 9.17) is 29.3 Å². The number of anilines is 4. The number of quaternary nitrogens is 2. The lowest BCUT2D eigenvalue weighted by Gasteiger charge is -2.44. The van der Waals surface area contributed by atoms with Crippen molar-refractivity contribution in [1.29, 1.82) is 0 Å². The number of alkyl halides is 3. The number of hydrogen-bond acceptors (Lipinski definition) is 18. The summed E-state index contributed by atoms with van der Waals surface area (Å²) in [6.45, 7) is 14.6. The maximum Gasteiger partial charge on any atom is 0.430 e. The molecular weight excluding hydrogens is 1440 g/mol. The normalized spacial score (nSPS) is 22.2. The molecule has 8 heterocycles. The van der Waals surface area contributed by atoms with Crippen LogP contribution in [0.25, 0.3) is 33.8 Å². The highest BCUT2D eigenvalue weighted by molar-refractivity contribution is 5.97. The van der Waals surface area contributed by atoms with Crippen LogP contribution in [0.1, 0.15) is 97.1 Å². The predicted molar refractivity (Wildman–Crippen MR) is 390 cm³/mol. The molecule has 6 fully saturated rings. The van der Waals surface area contributed by atoms with Gasteiger partial charge < -0.3 is 80.8 Å². The zero-order valence-electron chi connectivity index (χ0n) is 61.9. The van der Waals surface area contributed by atoms with Crippen molar-refractivity contribution in [3.8, 4) is 34.0 Å². The SMILES string of the molecule is CCc1cc(Nc2nccn3c(-c4ccc(OC)c(F)c4F)cnc23)ccc1C(=O)NC1CC(NC(=O)C2CC[N+](C)(CC3CNC3)CC2)C1.CCc1cc(Nc2nccn3c(-c4ccc(OC)c(F)c4F)cnc23)ccc1C(=O)NC1CC(NC(=O)C2CC[N+](C)(CC3CNC3)CC2)C1.O=C([O-])C(F)(F)F.O=C[O-]. The summed E-state index contributed by atoms with van der Waals surface area (Å²) in [6, 6.07) is 16.9. The highest BCUT2D eigenvalue weighted by atomic mass is 19.4. The molecule has 2 saturated carbocycles. The molecular formula is C77H91F7N16O10. The van der Waals surface area contributed by atoms with Gasteiger partial charge in [0.1, 0.15) is 5.97 Å². The third-order valence-corrected chi connectivity index (χ3v) is 21.7. The van der Waals surface area contributed by atoms with E-state index in [9.17, 15) is 49.9 Å². The van der Waals surface area contributed by atoms with Gasteiger partial charge in [-0.2, -0.15) is 22.0 Å². The molecule has 14 rings (SSSR count). The number of ether oxygens (including phenoxy) is 2. The Morgan fingerprint density at radius 3 is 1.24 bits per heavy atom. The zero-order valence-corrected chi connectivity index (χ0v) is 61.9. The minimum Gasteiger partial charge on any atom is -0.554 e. The average Bonchev–Trinajstić information content (AvgIpc) is 1.59. The smallest absolute Gasteiger partial charge is 0.430 e. The molecule has 0 unspecified atom stereocenters. The van der Waals surface area contributed by atoms with E-state index in [-0.39, 0.29) is 82.3 Å². The number of carbonyl (C=O) groups excluding carboxylic acids is 6. The molecule has 0 atom stereocenters. The summed E-state index contributed by atoms with van der Waals surface area (Å²) in [7, 11) is 7.22. The van der Waals surface area contributed by atoms with E-state index in [2.05, 4.69) is 76.6 Å². The number of imidazole rings is 2. The average molecular weight is 1530 g/mol. The van der Waals surface area contributed by atoms with Gasteiger partial charge in [-0.25, -0.2) is 28.7 Å². The lowest BCUT2D eigenvalue weighted by atomic mass is 9.85. The molecule has 8 N–H and O–H groups in total. The molecule has 4 aromatic carbocycles. The topological polar surface area (TPSA) is 324 Å². The van der Waals surface area contributed by atoms with Gasteiger partial charge in [0.25, 0.3) is 11.8 Å². The first-order chi connectivity index (χ1) is 52.6. The first-order valence-electron chi connectivity index (χ1n) is 36.8. The summed E-state index contributed by atoms with van der Waals surface area (Å²) in [5, 5.41) is 43.1. The fourth-order valence-electron chi connectivity index (χ4n) is 15.2. The van der Waals surface area contributed by atoms with Crippen LogP contribution in [0, 0.1) is 46.9 Å². The number of rotatable bonds is 22. The number of aromatic nitrogens is 6. The fraction of sp³-hybridized carbons (Fsp3) is 0.455. The lowest BCUT2D eigenvalue weighted by molar-refractivity contribution is -0.918. The molecule has 2 aliphatic carbocycles. The number of benzene rings is 4.